The van der Waals surface area contributed by atoms with E-state index < -0.39 is 0 Å². The number of carbonyl (C=O) groups excluding carboxylic acids is 1. The summed E-state index contributed by atoms with van der Waals surface area (Å²) >= 11 is 0. The van der Waals surface area contributed by atoms with Gasteiger partial charge in [0.1, 0.15) is 6.04 Å². The van der Waals surface area contributed by atoms with Gasteiger partial charge in [0, 0.05) is 35.9 Å². The van der Waals surface area contributed by atoms with Gasteiger partial charge in [-0.25, -0.2) is 0 Å². The molecule has 140 valence electrons. The Hall–Kier alpha value is -2.20. The Morgan fingerprint density at radius 2 is 2.11 bits per heavy atom. The van der Waals surface area contributed by atoms with E-state index in [2.05, 4.69) is 29.8 Å². The van der Waals surface area contributed by atoms with Crippen molar-refractivity contribution >= 4 is 16.9 Å². The minimum absolute atomic E-state index is 0.0109. The van der Waals surface area contributed by atoms with Gasteiger partial charge < -0.3 is 9.64 Å². The van der Waals surface area contributed by atoms with Gasteiger partial charge in [-0.1, -0.05) is 24.3 Å². The van der Waals surface area contributed by atoms with Crippen molar-refractivity contribution < 1.29 is 14.4 Å². The molecule has 6 rings (SSSR count). The van der Waals surface area contributed by atoms with Gasteiger partial charge in [0.2, 0.25) is 0 Å². The van der Waals surface area contributed by atoms with Crippen molar-refractivity contribution in [3.05, 3.63) is 54.7 Å². The molecule has 4 nitrogen and oxygen atoms in total. The first-order valence-electron chi connectivity index (χ1n) is 10.3. The van der Waals surface area contributed by atoms with Crippen LogP contribution in [-0.4, -0.2) is 30.1 Å². The van der Waals surface area contributed by atoms with Crippen molar-refractivity contribution in [1.29, 1.82) is 0 Å². The quantitative estimate of drug-likeness (QED) is 0.656. The van der Waals surface area contributed by atoms with Crippen LogP contribution in [0.3, 0.4) is 0 Å². The van der Waals surface area contributed by atoms with Crippen LogP contribution in [0.5, 0.6) is 0 Å². The fourth-order valence-electron chi connectivity index (χ4n) is 5.16. The van der Waals surface area contributed by atoms with Crippen LogP contribution in [-0.2, 0) is 9.53 Å². The van der Waals surface area contributed by atoms with E-state index in [-0.39, 0.29) is 18.0 Å². The van der Waals surface area contributed by atoms with Crippen molar-refractivity contribution in [2.24, 2.45) is 17.8 Å². The largest absolute Gasteiger partial charge is 0.451 e. The highest BCUT2D eigenvalue weighted by molar-refractivity contribution is 5.83. The maximum absolute atomic E-state index is 12.6. The molecule has 0 spiro atoms. The zero-order valence-corrected chi connectivity index (χ0v) is 15.6. The van der Waals surface area contributed by atoms with Gasteiger partial charge in [-0.2, -0.15) is 0 Å². The Balaban J connectivity index is 1.53. The first-order valence-corrected chi connectivity index (χ1v) is 10.3. The topological polar surface area (TPSA) is 43.6 Å². The van der Waals surface area contributed by atoms with Gasteiger partial charge in [-0.05, 0) is 30.9 Å². The van der Waals surface area contributed by atoms with Crippen molar-refractivity contribution in [1.82, 2.24) is 4.98 Å². The number of carbonyl (C=O) groups is 1. The maximum atomic E-state index is 12.6. The Bertz CT molecular complexity index is 870. The van der Waals surface area contributed by atoms with Crippen LogP contribution in [0.2, 0.25) is 0 Å². The van der Waals surface area contributed by atoms with E-state index in [9.17, 15) is 4.79 Å². The number of piperidine rings is 3. The molecule has 1 aromatic heterocycles. The number of quaternary nitrogens is 1. The van der Waals surface area contributed by atoms with Crippen LogP contribution in [0.15, 0.2) is 49.2 Å². The molecule has 5 atom stereocenters. The zero-order chi connectivity index (χ0) is 18.4. The molecule has 2 aromatic rings. The summed E-state index contributed by atoms with van der Waals surface area (Å²) in [7, 11) is 0. The second-order valence-electron chi connectivity index (χ2n) is 8.45. The third-order valence-electron chi connectivity index (χ3n) is 6.83. The van der Waals surface area contributed by atoms with Gasteiger partial charge in [0.05, 0.1) is 24.5 Å². The smallest absolute Gasteiger partial charge is 0.309 e. The van der Waals surface area contributed by atoms with Crippen LogP contribution in [0.1, 0.15) is 37.4 Å². The molecule has 4 heteroatoms. The van der Waals surface area contributed by atoms with E-state index in [4.69, 9.17) is 4.74 Å². The molecule has 2 bridgehead atoms. The second-order valence-corrected chi connectivity index (χ2v) is 8.45. The van der Waals surface area contributed by atoms with Gasteiger partial charge in [0.15, 0.2) is 6.10 Å². The van der Waals surface area contributed by atoms with Crippen LogP contribution in [0.4, 0.5) is 0 Å². The first kappa shape index (κ1) is 16.9. The first-order chi connectivity index (χ1) is 13.2. The number of rotatable bonds is 5. The third-order valence-corrected chi connectivity index (χ3v) is 6.83. The molecule has 4 fully saturated rings. The number of aromatic nitrogens is 1. The summed E-state index contributed by atoms with van der Waals surface area (Å²) in [5.74, 6) is 1.37. The predicted molar refractivity (Wildman–Crippen MR) is 104 cm³/mol. The van der Waals surface area contributed by atoms with Crippen molar-refractivity contribution in [2.45, 2.75) is 37.8 Å². The SMILES string of the molecule is C=C[C@@H]1C[NH+]2CC[C@H]1C[C@@H]2[C@H](OC(=O)C1CC1)c1ccnc2ccccc12. The fourth-order valence-corrected chi connectivity index (χ4v) is 5.16. The van der Waals surface area contributed by atoms with Gasteiger partial charge in [0.25, 0.3) is 0 Å². The molecule has 1 unspecified atom stereocenters. The molecule has 4 heterocycles. The molecule has 1 aliphatic carbocycles. The highest BCUT2D eigenvalue weighted by atomic mass is 16.5. The average molecular weight is 363 g/mol. The highest BCUT2D eigenvalue weighted by Crippen LogP contribution is 2.38. The summed E-state index contributed by atoms with van der Waals surface area (Å²) in [6.07, 6.45) is 8.11. The molecular formula is C23H27N2O2+. The van der Waals surface area contributed by atoms with Crippen LogP contribution < -0.4 is 4.90 Å². The number of hydrogen-bond donors (Lipinski definition) is 1. The summed E-state index contributed by atoms with van der Waals surface area (Å²) in [5, 5.41) is 1.11. The van der Waals surface area contributed by atoms with E-state index in [1.165, 1.54) is 13.0 Å². The average Bonchev–Trinajstić information content (AvgIpc) is 3.57. The van der Waals surface area contributed by atoms with Gasteiger partial charge in [-0.3, -0.25) is 9.78 Å². The van der Waals surface area contributed by atoms with Gasteiger partial charge in [-0.15, -0.1) is 6.58 Å². The number of para-hydroxylation sites is 1. The molecule has 1 aromatic carbocycles. The molecule has 1 saturated carbocycles. The number of nitrogens with one attached hydrogen (secondary N) is 1. The van der Waals surface area contributed by atoms with Crippen LogP contribution >= 0.6 is 0 Å². The van der Waals surface area contributed by atoms with Crippen LogP contribution in [0, 0.1) is 17.8 Å². The van der Waals surface area contributed by atoms with E-state index in [0.717, 1.165) is 42.3 Å². The third kappa shape index (κ3) is 3.06. The highest BCUT2D eigenvalue weighted by Gasteiger charge is 2.48. The summed E-state index contributed by atoms with van der Waals surface area (Å²) in [6.45, 7) is 6.32. The Kier molecular flexibility index (Phi) is 4.24. The summed E-state index contributed by atoms with van der Waals surface area (Å²) in [6, 6.07) is 10.6. The van der Waals surface area contributed by atoms with Crippen molar-refractivity contribution in [2.75, 3.05) is 13.1 Å². The number of esters is 1. The molecule has 1 N–H and O–H groups in total. The van der Waals surface area contributed by atoms with E-state index >= 15 is 0 Å². The molecule has 0 radical (unpaired) electrons. The Morgan fingerprint density at radius 3 is 2.85 bits per heavy atom. The molecule has 4 aliphatic rings. The molecule has 3 saturated heterocycles. The van der Waals surface area contributed by atoms with E-state index in [1.807, 2.05) is 24.4 Å². The van der Waals surface area contributed by atoms with Crippen molar-refractivity contribution in [3.63, 3.8) is 0 Å². The number of ether oxygens (including phenoxy) is 1. The summed E-state index contributed by atoms with van der Waals surface area (Å²) in [5.41, 5.74) is 2.09. The number of pyridine rings is 1. The Labute approximate surface area is 160 Å². The number of fused-ring (bicyclic) bond motifs is 4. The molecule has 0 amide bonds. The predicted octanol–water partition coefficient (Wildman–Crippen LogP) is 2.71. The van der Waals surface area contributed by atoms with Gasteiger partial charge >= 0.3 is 5.97 Å². The van der Waals surface area contributed by atoms with E-state index in [1.54, 1.807) is 4.90 Å². The molecule has 27 heavy (non-hydrogen) atoms. The lowest BCUT2D eigenvalue weighted by Gasteiger charge is -2.48. The number of nitrogens with zero attached hydrogens (tertiary/aromatic N) is 1. The summed E-state index contributed by atoms with van der Waals surface area (Å²) in [4.78, 5) is 18.7. The lowest BCUT2D eigenvalue weighted by molar-refractivity contribution is -0.949. The van der Waals surface area contributed by atoms with Crippen LogP contribution in [0.25, 0.3) is 10.9 Å². The summed E-state index contributed by atoms with van der Waals surface area (Å²) < 4.78 is 6.22. The van der Waals surface area contributed by atoms with E-state index in [0.29, 0.717) is 17.9 Å². The normalized spacial score (nSPS) is 30.8. The number of benzene rings is 1. The minimum Gasteiger partial charge on any atom is -0.451 e. The number of hydrogen-bond acceptors (Lipinski definition) is 3. The molecular weight excluding hydrogens is 336 g/mol. The lowest BCUT2D eigenvalue weighted by Crippen LogP contribution is -3.20. The maximum Gasteiger partial charge on any atom is 0.309 e. The minimum atomic E-state index is -0.186. The second kappa shape index (κ2) is 6.75. The lowest BCUT2D eigenvalue weighted by atomic mass is 9.73. The van der Waals surface area contributed by atoms with Crippen molar-refractivity contribution in [3.8, 4) is 0 Å². The Morgan fingerprint density at radius 1 is 1.26 bits per heavy atom. The fraction of sp³-hybridized carbons (Fsp3) is 0.478. The standard InChI is InChI=1S/C23H26N2O2/c1-2-15-14-25-12-10-17(15)13-21(25)22(27-23(26)16-7-8-16)19-9-11-24-20-6-4-3-5-18(19)20/h2-6,9,11,15-17,21-22H,1,7-8,10,12-14H2/p+1/t15-,17+,21-,22-/m1/s1. The monoisotopic (exact) mass is 363 g/mol. The zero-order valence-electron chi connectivity index (χ0n) is 15.6. The molecule has 3 aliphatic heterocycles.